The van der Waals surface area contributed by atoms with Crippen LogP contribution in [0, 0.1) is 5.82 Å². The average molecular weight is 604 g/mol. The Morgan fingerprint density at radius 3 is 2.34 bits per heavy atom. The van der Waals surface area contributed by atoms with Crippen LogP contribution >= 0.6 is 11.6 Å². The first-order chi connectivity index (χ1) is 19.5. The molecule has 0 aliphatic rings. The van der Waals surface area contributed by atoms with Gasteiger partial charge in [0, 0.05) is 25.1 Å². The van der Waals surface area contributed by atoms with Crippen molar-refractivity contribution >= 4 is 39.1 Å². The normalized spacial score (nSPS) is 11.9. The minimum atomic E-state index is -3.97. The molecule has 11 heteroatoms. The van der Waals surface area contributed by atoms with Gasteiger partial charge in [0.05, 0.1) is 24.1 Å². The SMILES string of the molecule is CCCCNC(=O)[C@H](Cc1ccccc1)N(Cc1ccccc1F)C(=O)CN(c1ccc(OC)c(Cl)c1)S(C)(=O)=O. The Morgan fingerprint density at radius 1 is 1.05 bits per heavy atom. The van der Waals surface area contributed by atoms with E-state index in [4.69, 9.17) is 16.3 Å². The summed E-state index contributed by atoms with van der Waals surface area (Å²) in [5, 5.41) is 3.04. The Balaban J connectivity index is 2.05. The van der Waals surface area contributed by atoms with Gasteiger partial charge >= 0.3 is 0 Å². The number of carbonyl (C=O) groups excluding carboxylic acids is 2. The van der Waals surface area contributed by atoms with Crippen molar-refractivity contribution in [3.8, 4) is 5.75 Å². The van der Waals surface area contributed by atoms with Gasteiger partial charge in [0.1, 0.15) is 24.2 Å². The molecule has 0 aromatic heterocycles. The summed E-state index contributed by atoms with van der Waals surface area (Å²) in [4.78, 5) is 28.8. The van der Waals surface area contributed by atoms with E-state index in [1.807, 2.05) is 37.3 Å². The third-order valence-corrected chi connectivity index (χ3v) is 7.94. The van der Waals surface area contributed by atoms with Crippen molar-refractivity contribution in [2.75, 3.05) is 30.8 Å². The van der Waals surface area contributed by atoms with Gasteiger partial charge in [-0.1, -0.05) is 73.5 Å². The fourth-order valence-electron chi connectivity index (χ4n) is 4.29. The van der Waals surface area contributed by atoms with Gasteiger partial charge in [-0.25, -0.2) is 12.8 Å². The smallest absolute Gasteiger partial charge is 0.244 e. The monoisotopic (exact) mass is 603 g/mol. The molecule has 3 rings (SSSR count). The summed E-state index contributed by atoms with van der Waals surface area (Å²) >= 11 is 6.25. The number of rotatable bonds is 14. The number of nitrogens with one attached hydrogen (secondary N) is 1. The van der Waals surface area contributed by atoms with Gasteiger partial charge in [-0.2, -0.15) is 0 Å². The van der Waals surface area contributed by atoms with E-state index in [1.54, 1.807) is 6.07 Å². The molecule has 1 N–H and O–H groups in total. The van der Waals surface area contributed by atoms with E-state index >= 15 is 0 Å². The molecule has 0 heterocycles. The molecule has 0 radical (unpaired) electrons. The van der Waals surface area contributed by atoms with Crippen LogP contribution in [0.5, 0.6) is 5.75 Å². The Hall–Kier alpha value is -3.63. The molecule has 0 unspecified atom stereocenters. The highest BCUT2D eigenvalue weighted by Crippen LogP contribution is 2.30. The van der Waals surface area contributed by atoms with Crippen LogP contribution in [0.1, 0.15) is 30.9 Å². The van der Waals surface area contributed by atoms with Crippen molar-refractivity contribution < 1.29 is 27.1 Å². The highest BCUT2D eigenvalue weighted by Gasteiger charge is 2.33. The first-order valence-electron chi connectivity index (χ1n) is 13.2. The molecule has 3 aromatic rings. The predicted octanol–water partition coefficient (Wildman–Crippen LogP) is 4.81. The highest BCUT2D eigenvalue weighted by molar-refractivity contribution is 7.92. The molecule has 1 atom stereocenters. The summed E-state index contributed by atoms with van der Waals surface area (Å²) in [7, 11) is -2.55. The Kier molecular flexibility index (Phi) is 11.5. The number of unbranched alkanes of at least 4 members (excludes halogenated alkanes) is 1. The number of benzene rings is 3. The number of halogens is 2. The molecule has 0 saturated carbocycles. The van der Waals surface area contributed by atoms with Crippen LogP contribution in [0.2, 0.25) is 5.02 Å². The Morgan fingerprint density at radius 2 is 1.73 bits per heavy atom. The number of amides is 2. The third kappa shape index (κ3) is 8.93. The molecule has 0 spiro atoms. The maximum atomic E-state index is 14.8. The number of sulfonamides is 1. The van der Waals surface area contributed by atoms with Crippen molar-refractivity contribution in [3.05, 3.63) is 94.8 Å². The number of nitrogens with zero attached hydrogens (tertiary/aromatic N) is 2. The van der Waals surface area contributed by atoms with Gasteiger partial charge in [-0.05, 0) is 36.2 Å². The van der Waals surface area contributed by atoms with E-state index in [0.717, 1.165) is 29.0 Å². The molecule has 220 valence electrons. The van der Waals surface area contributed by atoms with E-state index < -0.39 is 40.2 Å². The fourth-order valence-corrected chi connectivity index (χ4v) is 5.39. The predicted molar refractivity (Wildman–Crippen MR) is 159 cm³/mol. The minimum Gasteiger partial charge on any atom is -0.495 e. The van der Waals surface area contributed by atoms with E-state index in [0.29, 0.717) is 12.3 Å². The number of carbonyl (C=O) groups is 2. The number of ether oxygens (including phenoxy) is 1. The number of hydrogen-bond donors (Lipinski definition) is 1. The largest absolute Gasteiger partial charge is 0.495 e. The number of anilines is 1. The topological polar surface area (TPSA) is 96.0 Å². The summed E-state index contributed by atoms with van der Waals surface area (Å²) in [6.07, 6.45) is 2.71. The van der Waals surface area contributed by atoms with Crippen molar-refractivity contribution in [1.82, 2.24) is 10.2 Å². The second kappa shape index (κ2) is 14.8. The maximum absolute atomic E-state index is 14.8. The van der Waals surface area contributed by atoms with Crippen LogP contribution in [0.4, 0.5) is 10.1 Å². The molecule has 0 aliphatic carbocycles. The van der Waals surface area contributed by atoms with E-state index in [1.165, 1.54) is 48.4 Å². The Bertz CT molecular complexity index is 1440. The van der Waals surface area contributed by atoms with Crippen molar-refractivity contribution in [2.24, 2.45) is 0 Å². The zero-order valence-corrected chi connectivity index (χ0v) is 24.9. The third-order valence-electron chi connectivity index (χ3n) is 6.50. The van der Waals surface area contributed by atoms with Gasteiger partial charge in [-0.3, -0.25) is 13.9 Å². The standard InChI is InChI=1S/C30H35ClFN3O5S/c1-4-5-17-33-30(37)27(18-22-11-7-6-8-12-22)34(20-23-13-9-10-14-26(23)32)29(36)21-35(41(3,38)39)24-15-16-28(40-2)25(31)19-24/h6-16,19,27H,4-5,17-18,20-21H2,1-3H3,(H,33,37)/t27-/m0/s1. The second-order valence-corrected chi connectivity index (χ2v) is 11.9. The van der Waals surface area contributed by atoms with Crippen molar-refractivity contribution in [2.45, 2.75) is 38.8 Å². The van der Waals surface area contributed by atoms with Gasteiger partial charge in [-0.15, -0.1) is 0 Å². The molecule has 41 heavy (non-hydrogen) atoms. The molecule has 0 bridgehead atoms. The first kappa shape index (κ1) is 31.9. The second-order valence-electron chi connectivity index (χ2n) is 9.55. The van der Waals surface area contributed by atoms with Gasteiger partial charge < -0.3 is 15.0 Å². The summed E-state index contributed by atoms with van der Waals surface area (Å²) in [5.74, 6) is -1.30. The molecule has 0 aliphatic heterocycles. The van der Waals surface area contributed by atoms with Gasteiger partial charge in [0.2, 0.25) is 21.8 Å². The lowest BCUT2D eigenvalue weighted by Crippen LogP contribution is -2.53. The van der Waals surface area contributed by atoms with Gasteiger partial charge in [0.15, 0.2) is 0 Å². The highest BCUT2D eigenvalue weighted by atomic mass is 35.5. The van der Waals surface area contributed by atoms with Gasteiger partial charge in [0.25, 0.3) is 0 Å². The van der Waals surface area contributed by atoms with Crippen molar-refractivity contribution in [3.63, 3.8) is 0 Å². The molecule has 0 fully saturated rings. The molecule has 0 saturated heterocycles. The Labute approximate surface area is 246 Å². The molecule has 3 aromatic carbocycles. The molecular weight excluding hydrogens is 569 g/mol. The zero-order valence-electron chi connectivity index (χ0n) is 23.3. The van der Waals surface area contributed by atoms with Crippen LogP contribution in [0.15, 0.2) is 72.8 Å². The molecular formula is C30H35ClFN3O5S. The quantitative estimate of drug-likeness (QED) is 0.267. The number of methoxy groups -OCH3 is 1. The lowest BCUT2D eigenvalue weighted by Gasteiger charge is -2.33. The van der Waals surface area contributed by atoms with E-state index in [9.17, 15) is 22.4 Å². The van der Waals surface area contributed by atoms with Crippen LogP contribution in [0.3, 0.4) is 0 Å². The zero-order chi connectivity index (χ0) is 30.0. The van der Waals surface area contributed by atoms with Crippen LogP contribution in [0.25, 0.3) is 0 Å². The van der Waals surface area contributed by atoms with Crippen LogP contribution < -0.4 is 14.4 Å². The lowest BCUT2D eigenvalue weighted by molar-refractivity contribution is -0.140. The molecule has 2 amide bonds. The van der Waals surface area contributed by atoms with Crippen LogP contribution in [-0.2, 0) is 32.6 Å². The summed E-state index contributed by atoms with van der Waals surface area (Å²) in [5.41, 5.74) is 1.12. The van der Waals surface area contributed by atoms with Crippen molar-refractivity contribution in [1.29, 1.82) is 0 Å². The molecule has 8 nitrogen and oxygen atoms in total. The van der Waals surface area contributed by atoms with E-state index in [2.05, 4.69) is 5.32 Å². The number of hydrogen-bond acceptors (Lipinski definition) is 5. The summed E-state index contributed by atoms with van der Waals surface area (Å²) in [6.45, 7) is 1.52. The first-order valence-corrected chi connectivity index (χ1v) is 15.4. The average Bonchev–Trinajstić information content (AvgIpc) is 2.94. The minimum absolute atomic E-state index is 0.143. The fraction of sp³-hybridized carbons (Fsp3) is 0.333. The summed E-state index contributed by atoms with van der Waals surface area (Å²) < 4.78 is 46.6. The maximum Gasteiger partial charge on any atom is 0.244 e. The van der Waals surface area contributed by atoms with E-state index in [-0.39, 0.29) is 29.2 Å². The summed E-state index contributed by atoms with van der Waals surface area (Å²) in [6, 6.07) is 18.4. The van der Waals surface area contributed by atoms with Crippen LogP contribution in [-0.4, -0.2) is 57.6 Å². The lowest BCUT2D eigenvalue weighted by atomic mass is 10.0.